The van der Waals surface area contributed by atoms with Gasteiger partial charge in [-0.05, 0) is 48.4 Å². The van der Waals surface area contributed by atoms with Gasteiger partial charge in [0.25, 0.3) is 0 Å². The van der Waals surface area contributed by atoms with Gasteiger partial charge in [0, 0.05) is 56.6 Å². The van der Waals surface area contributed by atoms with Gasteiger partial charge >= 0.3 is 0 Å². The molecule has 1 N–H and O–H groups in total. The molecule has 3 heterocycles. The van der Waals surface area contributed by atoms with Crippen LogP contribution in [0.5, 0.6) is 0 Å². The first-order chi connectivity index (χ1) is 13.4. The summed E-state index contributed by atoms with van der Waals surface area (Å²) in [5.41, 5.74) is 3.96. The van der Waals surface area contributed by atoms with Gasteiger partial charge in [0.1, 0.15) is 5.82 Å². The number of aromatic nitrogens is 1. The summed E-state index contributed by atoms with van der Waals surface area (Å²) >= 11 is 0. The number of carbonyl (C=O) groups excluding carboxylic acids is 2. The molecular formula is C22H26N4O2. The van der Waals surface area contributed by atoms with Gasteiger partial charge in [-0.2, -0.15) is 0 Å². The number of likely N-dealkylation sites (tertiary alicyclic amines) is 1. The van der Waals surface area contributed by atoms with Crippen molar-refractivity contribution in [2.45, 2.75) is 19.3 Å². The second kappa shape index (κ2) is 7.26. The number of hydrogen-bond acceptors (Lipinski definition) is 4. The Morgan fingerprint density at radius 1 is 1.32 bits per heavy atom. The SMILES string of the molecule is C=C1CCc2cc(/C=C/C(=O)N3CC4C=C(C(=O)N(C)C)CC4C3)cnc2N1. The van der Waals surface area contributed by atoms with Crippen molar-refractivity contribution in [2.75, 3.05) is 32.5 Å². The summed E-state index contributed by atoms with van der Waals surface area (Å²) in [6.45, 7) is 5.34. The lowest BCUT2D eigenvalue weighted by atomic mass is 10.00. The highest BCUT2D eigenvalue weighted by molar-refractivity contribution is 5.94. The van der Waals surface area contributed by atoms with Crippen molar-refractivity contribution in [3.05, 3.63) is 53.4 Å². The zero-order chi connectivity index (χ0) is 19.8. The molecule has 0 spiro atoms. The first-order valence-corrected chi connectivity index (χ1v) is 9.74. The number of likely N-dealkylation sites (N-methyl/N-ethyl adjacent to an activating group) is 1. The molecule has 1 fully saturated rings. The predicted molar refractivity (Wildman–Crippen MR) is 109 cm³/mol. The molecule has 6 heteroatoms. The molecule has 2 amide bonds. The van der Waals surface area contributed by atoms with Crippen LogP contribution in [0.1, 0.15) is 24.0 Å². The highest BCUT2D eigenvalue weighted by atomic mass is 16.2. The van der Waals surface area contributed by atoms with E-state index in [1.54, 1.807) is 31.3 Å². The van der Waals surface area contributed by atoms with Crippen molar-refractivity contribution < 1.29 is 9.59 Å². The van der Waals surface area contributed by atoms with Gasteiger partial charge in [0.05, 0.1) is 0 Å². The van der Waals surface area contributed by atoms with Crippen LogP contribution in [0.3, 0.4) is 0 Å². The number of allylic oxidation sites excluding steroid dienone is 1. The van der Waals surface area contributed by atoms with E-state index in [4.69, 9.17) is 0 Å². The highest BCUT2D eigenvalue weighted by Crippen LogP contribution is 2.37. The van der Waals surface area contributed by atoms with Gasteiger partial charge in [-0.25, -0.2) is 4.98 Å². The van der Waals surface area contributed by atoms with Crippen LogP contribution in [0.15, 0.2) is 42.3 Å². The molecular weight excluding hydrogens is 352 g/mol. The number of pyridine rings is 1. The average Bonchev–Trinajstić information content (AvgIpc) is 3.24. The summed E-state index contributed by atoms with van der Waals surface area (Å²) in [6.07, 6.45) is 9.90. The van der Waals surface area contributed by atoms with E-state index in [2.05, 4.69) is 29.0 Å². The second-order valence-electron chi connectivity index (χ2n) is 8.10. The molecule has 0 saturated carbocycles. The Labute approximate surface area is 165 Å². The van der Waals surface area contributed by atoms with Crippen LogP contribution in [-0.2, 0) is 16.0 Å². The number of fused-ring (bicyclic) bond motifs is 2. The van der Waals surface area contributed by atoms with E-state index in [1.807, 2.05) is 11.0 Å². The third kappa shape index (κ3) is 3.59. The molecule has 4 rings (SSSR count). The maximum Gasteiger partial charge on any atom is 0.248 e. The summed E-state index contributed by atoms with van der Waals surface area (Å²) in [7, 11) is 3.56. The minimum absolute atomic E-state index is 0.0208. The quantitative estimate of drug-likeness (QED) is 0.821. The first kappa shape index (κ1) is 18.5. The third-order valence-electron chi connectivity index (χ3n) is 5.78. The van der Waals surface area contributed by atoms with Crippen molar-refractivity contribution in [2.24, 2.45) is 11.8 Å². The van der Waals surface area contributed by atoms with Crippen molar-refractivity contribution in [3.63, 3.8) is 0 Å². The molecule has 1 saturated heterocycles. The smallest absolute Gasteiger partial charge is 0.248 e. The van der Waals surface area contributed by atoms with Crippen molar-refractivity contribution in [1.82, 2.24) is 14.8 Å². The summed E-state index contributed by atoms with van der Waals surface area (Å²) in [4.78, 5) is 32.7. The van der Waals surface area contributed by atoms with E-state index in [0.29, 0.717) is 24.9 Å². The highest BCUT2D eigenvalue weighted by Gasteiger charge is 2.39. The maximum absolute atomic E-state index is 12.6. The normalized spacial score (nSPS) is 23.3. The molecule has 0 aromatic carbocycles. The van der Waals surface area contributed by atoms with Crippen LogP contribution in [-0.4, -0.2) is 53.8 Å². The number of carbonyl (C=O) groups is 2. The molecule has 1 aromatic heterocycles. The van der Waals surface area contributed by atoms with Crippen LogP contribution < -0.4 is 5.32 Å². The number of amides is 2. The lowest BCUT2D eigenvalue weighted by molar-refractivity contribution is -0.125. The van der Waals surface area contributed by atoms with Crippen molar-refractivity contribution in [3.8, 4) is 0 Å². The molecule has 1 aromatic rings. The third-order valence-corrected chi connectivity index (χ3v) is 5.78. The van der Waals surface area contributed by atoms with E-state index in [1.165, 1.54) is 0 Å². The molecule has 146 valence electrons. The zero-order valence-electron chi connectivity index (χ0n) is 16.4. The van der Waals surface area contributed by atoms with Gasteiger partial charge < -0.3 is 15.1 Å². The molecule has 0 bridgehead atoms. The van der Waals surface area contributed by atoms with Crippen LogP contribution in [0.25, 0.3) is 6.08 Å². The van der Waals surface area contributed by atoms with Gasteiger partial charge in [0.2, 0.25) is 11.8 Å². The molecule has 2 unspecified atom stereocenters. The number of nitrogens with one attached hydrogen (secondary N) is 1. The van der Waals surface area contributed by atoms with Crippen molar-refractivity contribution >= 4 is 23.7 Å². The fourth-order valence-corrected chi connectivity index (χ4v) is 4.25. The minimum Gasteiger partial charge on any atom is -0.345 e. The van der Waals surface area contributed by atoms with Crippen LogP contribution in [0.4, 0.5) is 5.82 Å². The number of anilines is 1. The van der Waals surface area contributed by atoms with E-state index >= 15 is 0 Å². The van der Waals surface area contributed by atoms with Crippen LogP contribution in [0, 0.1) is 11.8 Å². The van der Waals surface area contributed by atoms with Crippen LogP contribution >= 0.6 is 0 Å². The van der Waals surface area contributed by atoms with Crippen molar-refractivity contribution in [1.29, 1.82) is 0 Å². The Bertz CT molecular complexity index is 900. The van der Waals surface area contributed by atoms with Gasteiger partial charge in [-0.1, -0.05) is 12.7 Å². The second-order valence-corrected chi connectivity index (χ2v) is 8.10. The Kier molecular flexibility index (Phi) is 4.79. The fraction of sp³-hybridized carbons (Fsp3) is 0.409. The molecule has 6 nitrogen and oxygen atoms in total. The summed E-state index contributed by atoms with van der Waals surface area (Å²) in [5, 5.41) is 3.20. The monoisotopic (exact) mass is 378 g/mol. The minimum atomic E-state index is 0.0208. The molecule has 2 atom stereocenters. The van der Waals surface area contributed by atoms with Gasteiger partial charge in [-0.15, -0.1) is 0 Å². The van der Waals surface area contributed by atoms with Crippen LogP contribution in [0.2, 0.25) is 0 Å². The number of nitrogens with zero attached hydrogens (tertiary/aromatic N) is 3. The lowest BCUT2D eigenvalue weighted by Crippen LogP contribution is -2.28. The first-order valence-electron chi connectivity index (χ1n) is 9.74. The lowest BCUT2D eigenvalue weighted by Gasteiger charge is -2.19. The number of aryl methyl sites for hydroxylation is 1. The van der Waals surface area contributed by atoms with E-state index in [-0.39, 0.29) is 11.8 Å². The number of hydrogen-bond donors (Lipinski definition) is 1. The zero-order valence-corrected chi connectivity index (χ0v) is 16.4. The summed E-state index contributed by atoms with van der Waals surface area (Å²) in [6, 6.07) is 2.08. The average molecular weight is 378 g/mol. The molecule has 28 heavy (non-hydrogen) atoms. The Morgan fingerprint density at radius 2 is 2.14 bits per heavy atom. The standard InChI is InChI=1S/C22H26N4O2/c1-14-4-6-16-8-15(11-23-21(16)24-14)5-7-20(27)26-12-18-9-17(10-19(18)13-26)22(28)25(2)3/h5,7-9,11,18-19H,1,4,6,10,12-13H2,2-3H3,(H,23,24)/b7-5+. The molecule has 0 radical (unpaired) electrons. The molecule has 1 aliphatic carbocycles. The maximum atomic E-state index is 12.6. The van der Waals surface area contributed by atoms with Gasteiger partial charge in [0.15, 0.2) is 0 Å². The number of rotatable bonds is 3. The largest absolute Gasteiger partial charge is 0.345 e. The predicted octanol–water partition coefficient (Wildman–Crippen LogP) is 2.46. The molecule has 2 aliphatic heterocycles. The Hall–Kier alpha value is -2.89. The van der Waals surface area contributed by atoms with E-state index in [9.17, 15) is 9.59 Å². The van der Waals surface area contributed by atoms with Gasteiger partial charge in [-0.3, -0.25) is 9.59 Å². The van der Waals surface area contributed by atoms with E-state index in [0.717, 1.165) is 47.5 Å². The Balaban J connectivity index is 1.38. The van der Waals surface area contributed by atoms with E-state index < -0.39 is 0 Å². The fourth-order valence-electron chi connectivity index (χ4n) is 4.25. The topological polar surface area (TPSA) is 65.5 Å². The molecule has 3 aliphatic rings. The Morgan fingerprint density at radius 3 is 2.89 bits per heavy atom. The summed E-state index contributed by atoms with van der Waals surface area (Å²) in [5.74, 6) is 1.63. The summed E-state index contributed by atoms with van der Waals surface area (Å²) < 4.78 is 0.